The fraction of sp³-hybridized carbons (Fsp3) is 0.458. The van der Waals surface area contributed by atoms with Crippen molar-refractivity contribution < 1.29 is 28.1 Å². The summed E-state index contributed by atoms with van der Waals surface area (Å²) in [5, 5.41) is 5.55. The number of unbranched alkanes of at least 4 members (excludes halogenated alkanes) is 6. The fourth-order valence-electron chi connectivity index (χ4n) is 7.81. The van der Waals surface area contributed by atoms with E-state index in [1.807, 2.05) is 0 Å². The van der Waals surface area contributed by atoms with Gasteiger partial charge in [-0.1, -0.05) is 186 Å². The van der Waals surface area contributed by atoms with E-state index in [-0.39, 0.29) is 23.9 Å². The van der Waals surface area contributed by atoms with Gasteiger partial charge >= 0.3 is 30.2 Å². The summed E-state index contributed by atoms with van der Waals surface area (Å²) in [6.45, 7) is 36.6. The Hall–Kier alpha value is -2.84. The van der Waals surface area contributed by atoms with Crippen LogP contribution in [0.2, 0.25) is 0 Å². The molecule has 0 bridgehead atoms. The molecule has 0 saturated heterocycles. The van der Waals surface area contributed by atoms with Crippen LogP contribution < -0.4 is 0 Å². The second kappa shape index (κ2) is 26.2. The Morgan fingerprint density at radius 2 is 1.16 bits per heavy atom. The molecule has 6 aromatic carbocycles. The van der Waals surface area contributed by atoms with Crippen LogP contribution in [0, 0.1) is 21.3 Å². The molecule has 6 aromatic rings. The molecule has 0 heterocycles. The van der Waals surface area contributed by atoms with Gasteiger partial charge in [0, 0.05) is 6.61 Å². The Bertz CT molecular complexity index is 2150. The molecule has 0 aliphatic rings. The van der Waals surface area contributed by atoms with Crippen LogP contribution in [0.1, 0.15) is 168 Å². The molecule has 0 fully saturated rings. The summed E-state index contributed by atoms with van der Waals surface area (Å²) in [4.78, 5) is 0. The summed E-state index contributed by atoms with van der Waals surface area (Å²) in [5.74, 6) is 0.573. The number of rotatable bonds is 13. The van der Waals surface area contributed by atoms with Crippen LogP contribution in [0.4, 0.5) is 0 Å². The van der Waals surface area contributed by atoms with Gasteiger partial charge in [0.25, 0.3) is 0 Å². The molecule has 0 aromatic heterocycles. The summed E-state index contributed by atoms with van der Waals surface area (Å²) >= 11 is 1.36. The average Bonchev–Trinajstić information content (AvgIpc) is 3.81. The molecule has 3 heteroatoms. The number of ether oxygens (including phenoxy) is 1. The van der Waals surface area contributed by atoms with Gasteiger partial charge in [0.05, 0.1) is 5.60 Å². The van der Waals surface area contributed by atoms with Crippen molar-refractivity contribution in [2.24, 2.45) is 0 Å². The zero-order valence-electron chi connectivity index (χ0n) is 41.6. The van der Waals surface area contributed by atoms with Gasteiger partial charge in [-0.2, -0.15) is 12.5 Å². The summed E-state index contributed by atoms with van der Waals surface area (Å²) in [6, 6.07) is 38.7. The fourth-order valence-corrected chi connectivity index (χ4v) is 7.81. The number of hydrogen-bond donors (Lipinski definition) is 0. The molecule has 0 atom stereocenters. The van der Waals surface area contributed by atoms with Crippen molar-refractivity contribution in [2.45, 2.75) is 170 Å². The molecule has 62 heavy (non-hydrogen) atoms. The van der Waals surface area contributed by atoms with E-state index in [0.717, 1.165) is 25.9 Å². The van der Waals surface area contributed by atoms with Crippen LogP contribution in [0.3, 0.4) is 0 Å². The van der Waals surface area contributed by atoms with Crippen LogP contribution in [-0.4, -0.2) is 19.1 Å². The quantitative estimate of drug-likeness (QED) is 0.0637. The number of fused-ring (bicyclic) bond motifs is 2. The molecule has 6 rings (SSSR count). The van der Waals surface area contributed by atoms with Crippen LogP contribution in [0.25, 0.3) is 43.8 Å². The second-order valence-electron chi connectivity index (χ2n) is 20.2. The Morgan fingerprint density at radius 3 is 1.65 bits per heavy atom. The van der Waals surface area contributed by atoms with Gasteiger partial charge in [-0.05, 0) is 66.2 Å². The molecule has 0 amide bonds. The van der Waals surface area contributed by atoms with Crippen LogP contribution in [0.5, 0.6) is 0 Å². The van der Waals surface area contributed by atoms with Crippen LogP contribution in [0.15, 0.2) is 103 Å². The van der Waals surface area contributed by atoms with Gasteiger partial charge in [0.2, 0.25) is 0 Å². The zero-order valence-corrected chi connectivity index (χ0v) is 45.0. The molecule has 2 radical (unpaired) electrons. The van der Waals surface area contributed by atoms with Crippen molar-refractivity contribution in [1.82, 2.24) is 0 Å². The standard InChI is InChI=1S/C30H41O.C22H25.C6H13.CH3.Si.Zr/c1-22-21-24-13-12-15-27(23-16-18-25(19-17-23)29(2,3)4)28(24)26(22)14-10-8-9-11-20-31-30(5,6)7;1-15(2)18-13-17-7-6-8-20(21(17)14-18)16-9-11-19(12-10-16)22(3,4)5;1-3-5-6-4-2;;;/h12-13,15-19,21H,8-11,14,20H2,1-7H3;6-15H,1-5H3;1,3-6H2,2H3;1H3;;/q4*-1;;. The molecule has 0 saturated carbocycles. The van der Waals surface area contributed by atoms with Gasteiger partial charge in [-0.3, -0.25) is 0 Å². The topological polar surface area (TPSA) is 9.23 Å². The van der Waals surface area contributed by atoms with Crippen molar-refractivity contribution in [3.05, 3.63) is 145 Å². The van der Waals surface area contributed by atoms with Gasteiger partial charge in [-0.25, -0.2) is 0 Å². The molecular weight excluding hydrogens is 844 g/mol. The molecule has 0 aliphatic carbocycles. The van der Waals surface area contributed by atoms with Crippen molar-refractivity contribution in [3.63, 3.8) is 0 Å². The third-order valence-corrected chi connectivity index (χ3v) is 11.5. The number of aryl methyl sites for hydroxylation is 2. The minimum atomic E-state index is -0.0210. The molecule has 0 spiro atoms. The first-order valence-electron chi connectivity index (χ1n) is 23.1. The van der Waals surface area contributed by atoms with E-state index < -0.39 is 0 Å². The monoisotopic (exact) mass is 925 g/mol. The van der Waals surface area contributed by atoms with Crippen molar-refractivity contribution in [3.8, 4) is 22.3 Å². The maximum atomic E-state index is 5.85. The molecular formula is C59H82OSiZr-4. The third kappa shape index (κ3) is 16.9. The average molecular weight is 927 g/mol. The molecule has 0 aliphatic heterocycles. The summed E-state index contributed by atoms with van der Waals surface area (Å²) in [6.07, 6.45) is 11.1. The zero-order chi connectivity index (χ0) is 45.4. The van der Waals surface area contributed by atoms with Crippen LogP contribution in [-0.2, 0) is 45.3 Å². The van der Waals surface area contributed by atoms with Crippen molar-refractivity contribution >= 4 is 28.4 Å². The maximum absolute atomic E-state index is 5.85. The number of benzene rings is 4. The SMILES string of the molecule is CC(C)c1cc2c(-c3ccc(C(C)(C)C)cc3)cccc2[cH-]1.Cc1[cH-]c2cccc(-c3ccc(C(C)(C)C)cc3)c2c1CCCCCCOC(C)(C)C.[CH2-]CCCCC.[CH3-].[Si]=[Zr]. The van der Waals surface area contributed by atoms with E-state index in [0.29, 0.717) is 5.92 Å². The summed E-state index contributed by atoms with van der Waals surface area (Å²) in [7, 11) is 0. The molecule has 0 N–H and O–H groups in total. The predicted molar refractivity (Wildman–Crippen MR) is 276 cm³/mol. The Kier molecular flexibility index (Phi) is 23.4. The first-order chi connectivity index (χ1) is 28.8. The Balaban J connectivity index is 0.000000372. The van der Waals surface area contributed by atoms with E-state index in [9.17, 15) is 0 Å². The van der Waals surface area contributed by atoms with Crippen molar-refractivity contribution in [1.29, 1.82) is 0 Å². The summed E-state index contributed by atoms with van der Waals surface area (Å²) < 4.78 is 5.85. The molecule has 1 nitrogen and oxygen atoms in total. The predicted octanol–water partition coefficient (Wildman–Crippen LogP) is 17.9. The first kappa shape index (κ1) is 55.3. The van der Waals surface area contributed by atoms with E-state index in [2.05, 4.69) is 207 Å². The normalized spacial score (nSPS) is 11.6. The van der Waals surface area contributed by atoms with E-state index in [1.54, 1.807) is 0 Å². The van der Waals surface area contributed by atoms with Gasteiger partial charge in [0.15, 0.2) is 0 Å². The van der Waals surface area contributed by atoms with E-state index >= 15 is 0 Å². The summed E-state index contributed by atoms with van der Waals surface area (Å²) in [5.41, 5.74) is 12.9. The second-order valence-corrected chi connectivity index (χ2v) is 20.2. The van der Waals surface area contributed by atoms with Gasteiger partial charge < -0.3 is 19.1 Å². The molecule has 0 unspecified atom stereocenters. The Morgan fingerprint density at radius 1 is 0.645 bits per heavy atom. The third-order valence-electron chi connectivity index (χ3n) is 11.5. The van der Waals surface area contributed by atoms with Crippen molar-refractivity contribution in [2.75, 3.05) is 6.61 Å². The van der Waals surface area contributed by atoms with Gasteiger partial charge in [-0.15, -0.1) is 74.6 Å². The minimum absolute atomic E-state index is 0. The number of hydrogen-bond acceptors (Lipinski definition) is 1. The van der Waals surface area contributed by atoms with Gasteiger partial charge in [0.1, 0.15) is 0 Å². The molecule has 336 valence electrons. The first-order valence-corrected chi connectivity index (χ1v) is 27.3. The van der Waals surface area contributed by atoms with E-state index in [1.165, 1.54) is 133 Å². The van der Waals surface area contributed by atoms with Crippen LogP contribution >= 0.6 is 0 Å². The Labute approximate surface area is 398 Å². The van der Waals surface area contributed by atoms with E-state index in [4.69, 9.17) is 4.74 Å².